The molecule has 1 atom stereocenters. The molecule has 1 fully saturated rings. The molecule has 1 saturated carbocycles. The van der Waals surface area contributed by atoms with Crippen LogP contribution in [0.4, 0.5) is 5.69 Å². The number of sulfonamides is 1. The predicted molar refractivity (Wildman–Crippen MR) is 169 cm³/mol. The molecule has 7 nitrogen and oxygen atoms in total. The zero-order chi connectivity index (χ0) is 30.4. The van der Waals surface area contributed by atoms with Crippen molar-refractivity contribution in [1.82, 2.24) is 10.2 Å². The van der Waals surface area contributed by atoms with Crippen LogP contribution < -0.4 is 9.62 Å². The second kappa shape index (κ2) is 14.1. The van der Waals surface area contributed by atoms with E-state index in [1.165, 1.54) is 35.2 Å². The lowest BCUT2D eigenvalue weighted by molar-refractivity contribution is -0.139. The van der Waals surface area contributed by atoms with Crippen molar-refractivity contribution in [2.45, 2.75) is 69.5 Å². The molecule has 0 spiro atoms. The van der Waals surface area contributed by atoms with E-state index in [2.05, 4.69) is 5.32 Å². The molecule has 11 heteroatoms. The van der Waals surface area contributed by atoms with Crippen molar-refractivity contribution in [3.63, 3.8) is 0 Å². The molecule has 3 aromatic rings. The number of halogens is 3. The Balaban J connectivity index is 1.70. The van der Waals surface area contributed by atoms with Gasteiger partial charge in [-0.2, -0.15) is 0 Å². The lowest BCUT2D eigenvalue weighted by atomic mass is 9.95. The molecule has 224 valence electrons. The summed E-state index contributed by atoms with van der Waals surface area (Å²) in [4.78, 5) is 28.9. The summed E-state index contributed by atoms with van der Waals surface area (Å²) >= 11 is 18.8. The van der Waals surface area contributed by atoms with E-state index >= 15 is 0 Å². The van der Waals surface area contributed by atoms with E-state index in [0.717, 1.165) is 42.0 Å². The lowest BCUT2D eigenvalue weighted by Gasteiger charge is -2.33. The molecule has 0 unspecified atom stereocenters. The largest absolute Gasteiger partial charge is 0.352 e. The van der Waals surface area contributed by atoms with Gasteiger partial charge in [-0.25, -0.2) is 8.42 Å². The van der Waals surface area contributed by atoms with Gasteiger partial charge in [0.2, 0.25) is 11.8 Å². The summed E-state index contributed by atoms with van der Waals surface area (Å²) in [5.74, 6) is -0.882. The van der Waals surface area contributed by atoms with Crippen molar-refractivity contribution >= 4 is 62.3 Å². The third-order valence-corrected chi connectivity index (χ3v) is 10.4. The van der Waals surface area contributed by atoms with Crippen LogP contribution >= 0.6 is 34.8 Å². The number of rotatable bonds is 10. The van der Waals surface area contributed by atoms with Crippen molar-refractivity contribution < 1.29 is 18.0 Å². The van der Waals surface area contributed by atoms with Crippen LogP contribution in [0.15, 0.2) is 71.6 Å². The van der Waals surface area contributed by atoms with E-state index in [1.54, 1.807) is 43.3 Å². The first-order valence-electron chi connectivity index (χ1n) is 13.8. The van der Waals surface area contributed by atoms with Gasteiger partial charge in [0.25, 0.3) is 10.0 Å². The zero-order valence-corrected chi connectivity index (χ0v) is 26.6. The molecular formula is C31H34Cl3N3O4S. The van der Waals surface area contributed by atoms with Gasteiger partial charge in [-0.1, -0.05) is 90.0 Å². The average Bonchev–Trinajstić information content (AvgIpc) is 2.97. The van der Waals surface area contributed by atoms with E-state index in [9.17, 15) is 18.0 Å². The molecule has 42 heavy (non-hydrogen) atoms. The first-order valence-corrected chi connectivity index (χ1v) is 16.4. The fourth-order valence-corrected chi connectivity index (χ4v) is 6.86. The monoisotopic (exact) mass is 649 g/mol. The van der Waals surface area contributed by atoms with Crippen LogP contribution in [0.1, 0.15) is 50.2 Å². The van der Waals surface area contributed by atoms with Crippen molar-refractivity contribution in [3.05, 3.63) is 92.9 Å². The minimum Gasteiger partial charge on any atom is -0.352 e. The first-order chi connectivity index (χ1) is 20.0. The van der Waals surface area contributed by atoms with E-state index < -0.39 is 28.5 Å². The van der Waals surface area contributed by atoms with Gasteiger partial charge < -0.3 is 10.2 Å². The number of carbonyl (C=O) groups is 2. The smallest absolute Gasteiger partial charge is 0.264 e. The van der Waals surface area contributed by atoms with Crippen molar-refractivity contribution in [1.29, 1.82) is 0 Å². The molecule has 0 saturated heterocycles. The topological polar surface area (TPSA) is 86.8 Å². The van der Waals surface area contributed by atoms with Crippen LogP contribution in [-0.2, 0) is 26.2 Å². The van der Waals surface area contributed by atoms with Crippen molar-refractivity contribution in [3.8, 4) is 0 Å². The Morgan fingerprint density at radius 1 is 0.905 bits per heavy atom. The Labute approximate surface area is 262 Å². The number of carbonyl (C=O) groups excluding carboxylic acids is 2. The zero-order valence-electron chi connectivity index (χ0n) is 23.5. The summed E-state index contributed by atoms with van der Waals surface area (Å²) in [6.07, 6.45) is 4.99. The summed E-state index contributed by atoms with van der Waals surface area (Å²) in [5.41, 5.74) is 1.68. The molecule has 1 N–H and O–H groups in total. The van der Waals surface area contributed by atoms with Crippen molar-refractivity contribution in [2.75, 3.05) is 10.8 Å². The van der Waals surface area contributed by atoms with Crippen LogP contribution in [0, 0.1) is 6.92 Å². The van der Waals surface area contributed by atoms with E-state index in [-0.39, 0.29) is 39.1 Å². The second-order valence-electron chi connectivity index (χ2n) is 10.6. The number of amides is 2. The summed E-state index contributed by atoms with van der Waals surface area (Å²) < 4.78 is 28.9. The molecule has 1 aliphatic rings. The highest BCUT2D eigenvalue weighted by Crippen LogP contribution is 2.31. The van der Waals surface area contributed by atoms with Gasteiger partial charge in [0, 0.05) is 17.6 Å². The SMILES string of the molecule is Cc1ccc(S(=O)(=O)N(CC(=O)N(Cc2ccccc2Cl)[C@H](C)C(=O)NC2CCCCC2)c2ccc(Cl)c(Cl)c2)cc1. The molecular weight excluding hydrogens is 617 g/mol. The Hall–Kier alpha value is -2.78. The minimum absolute atomic E-state index is 0.00714. The molecule has 0 radical (unpaired) electrons. The van der Waals surface area contributed by atoms with E-state index in [4.69, 9.17) is 34.8 Å². The van der Waals surface area contributed by atoms with Gasteiger partial charge >= 0.3 is 0 Å². The van der Waals surface area contributed by atoms with Gasteiger partial charge in [-0.3, -0.25) is 13.9 Å². The molecule has 3 aromatic carbocycles. The summed E-state index contributed by atoms with van der Waals surface area (Å²) in [6.45, 7) is 2.92. The number of anilines is 1. The highest BCUT2D eigenvalue weighted by Gasteiger charge is 2.33. The van der Waals surface area contributed by atoms with Crippen LogP contribution in [0.5, 0.6) is 0 Å². The standard InChI is InChI=1S/C31H34Cl3N3O4S/c1-21-12-15-26(16-13-21)42(40,41)37(25-14-17-28(33)29(34)18-25)20-30(38)36(19-23-8-6-7-11-27(23)32)22(2)31(39)35-24-9-4-3-5-10-24/h6-8,11-18,22,24H,3-5,9-10,19-20H2,1-2H3,(H,35,39)/t22-/m1/s1. The fourth-order valence-electron chi connectivity index (χ4n) is 4.97. The predicted octanol–water partition coefficient (Wildman–Crippen LogP) is 7.02. The lowest BCUT2D eigenvalue weighted by Crippen LogP contribution is -2.53. The highest BCUT2D eigenvalue weighted by atomic mass is 35.5. The van der Waals surface area contributed by atoms with Crippen LogP contribution in [-0.4, -0.2) is 43.8 Å². The van der Waals surface area contributed by atoms with Gasteiger partial charge in [-0.05, 0) is 68.7 Å². The molecule has 0 aromatic heterocycles. The van der Waals surface area contributed by atoms with E-state index in [1.807, 2.05) is 6.92 Å². The Bertz CT molecular complexity index is 1530. The number of nitrogens with one attached hydrogen (secondary N) is 1. The van der Waals surface area contributed by atoms with Crippen LogP contribution in [0.2, 0.25) is 15.1 Å². The first kappa shape index (κ1) is 32.1. The van der Waals surface area contributed by atoms with Gasteiger partial charge in [0.05, 0.1) is 20.6 Å². The summed E-state index contributed by atoms with van der Waals surface area (Å²) in [7, 11) is -4.22. The Morgan fingerprint density at radius 3 is 2.21 bits per heavy atom. The normalized spacial score (nSPS) is 14.7. The molecule has 0 aliphatic heterocycles. The average molecular weight is 651 g/mol. The van der Waals surface area contributed by atoms with Crippen LogP contribution in [0.25, 0.3) is 0 Å². The third-order valence-electron chi connectivity index (χ3n) is 7.50. The maximum absolute atomic E-state index is 14.1. The third kappa shape index (κ3) is 7.78. The Morgan fingerprint density at radius 2 is 1.57 bits per heavy atom. The molecule has 1 aliphatic carbocycles. The van der Waals surface area contributed by atoms with Gasteiger partial charge in [0.1, 0.15) is 12.6 Å². The minimum atomic E-state index is -4.22. The number of nitrogens with zero attached hydrogens (tertiary/aromatic N) is 2. The quantitative estimate of drug-likeness (QED) is 0.256. The maximum atomic E-state index is 14.1. The van der Waals surface area contributed by atoms with Gasteiger partial charge in [-0.15, -0.1) is 0 Å². The second-order valence-corrected chi connectivity index (χ2v) is 13.6. The van der Waals surface area contributed by atoms with Crippen LogP contribution in [0.3, 0.4) is 0 Å². The fraction of sp³-hybridized carbons (Fsp3) is 0.355. The number of hydrogen-bond donors (Lipinski definition) is 1. The molecule has 0 bridgehead atoms. The molecule has 2 amide bonds. The Kier molecular flexibility index (Phi) is 10.8. The number of hydrogen-bond acceptors (Lipinski definition) is 4. The molecule has 0 heterocycles. The summed E-state index contributed by atoms with van der Waals surface area (Å²) in [6, 6.07) is 16.9. The van der Waals surface area contributed by atoms with Crippen molar-refractivity contribution in [2.24, 2.45) is 0 Å². The number of aryl methyl sites for hydroxylation is 1. The highest BCUT2D eigenvalue weighted by molar-refractivity contribution is 7.92. The van der Waals surface area contributed by atoms with E-state index in [0.29, 0.717) is 10.6 Å². The summed E-state index contributed by atoms with van der Waals surface area (Å²) in [5, 5.41) is 3.90. The molecule has 4 rings (SSSR count). The maximum Gasteiger partial charge on any atom is 0.264 e. The van der Waals surface area contributed by atoms with Gasteiger partial charge in [0.15, 0.2) is 0 Å². The number of benzene rings is 3.